The lowest BCUT2D eigenvalue weighted by atomic mass is 9.98. The van der Waals surface area contributed by atoms with Crippen molar-refractivity contribution in [2.45, 2.75) is 25.3 Å². The van der Waals surface area contributed by atoms with Crippen LogP contribution in [0.4, 0.5) is 8.78 Å². The Morgan fingerprint density at radius 3 is 2.50 bits per heavy atom. The van der Waals surface area contributed by atoms with Gasteiger partial charge in [0.2, 0.25) is 0 Å². The number of nitrogens with one attached hydrogen (secondary N) is 1. The topological polar surface area (TPSA) is 79.2 Å². The smallest absolute Gasteiger partial charge is 0.344 e. The Balaban J connectivity index is 1.94. The van der Waals surface area contributed by atoms with Crippen molar-refractivity contribution in [3.8, 4) is 6.07 Å². The number of hydrogen-bond donors (Lipinski definition) is 1. The minimum absolute atomic E-state index is 0.0705. The zero-order valence-corrected chi connectivity index (χ0v) is 11.9. The number of halogens is 2. The van der Waals surface area contributed by atoms with E-state index in [0.29, 0.717) is 0 Å². The Bertz CT molecular complexity index is 632. The zero-order valence-electron chi connectivity index (χ0n) is 11.9. The molecule has 0 radical (unpaired) electrons. The lowest BCUT2D eigenvalue weighted by Gasteiger charge is -2.22. The van der Waals surface area contributed by atoms with Crippen molar-refractivity contribution in [2.75, 3.05) is 6.61 Å². The van der Waals surface area contributed by atoms with Crippen molar-refractivity contribution < 1.29 is 23.1 Å². The highest BCUT2D eigenvalue weighted by molar-refractivity contribution is 5.92. The Labute approximate surface area is 125 Å². The Morgan fingerprint density at radius 2 is 2.00 bits per heavy atom. The first-order valence-corrected chi connectivity index (χ1v) is 6.71. The van der Waals surface area contributed by atoms with E-state index in [4.69, 9.17) is 5.26 Å². The number of hydrogen-bond acceptors (Lipinski definition) is 4. The van der Waals surface area contributed by atoms with E-state index in [1.165, 1.54) is 0 Å². The van der Waals surface area contributed by atoms with Gasteiger partial charge in [-0.05, 0) is 37.8 Å². The van der Waals surface area contributed by atoms with E-state index in [9.17, 15) is 18.4 Å². The number of carbonyl (C=O) groups excluding carboxylic acids is 2. The summed E-state index contributed by atoms with van der Waals surface area (Å²) in [5, 5.41) is 11.6. The first kappa shape index (κ1) is 15.9. The minimum atomic E-state index is -1.27. The maximum atomic E-state index is 13.4. The lowest BCUT2D eigenvalue weighted by Crippen LogP contribution is -2.48. The van der Waals surface area contributed by atoms with Crippen molar-refractivity contribution in [3.63, 3.8) is 0 Å². The van der Waals surface area contributed by atoms with Crippen molar-refractivity contribution in [3.05, 3.63) is 35.4 Å². The number of carbonyl (C=O) groups is 2. The van der Waals surface area contributed by atoms with Crippen LogP contribution in [0.3, 0.4) is 0 Å². The number of nitrogens with zero attached hydrogens (tertiary/aromatic N) is 1. The summed E-state index contributed by atoms with van der Waals surface area (Å²) in [6.45, 7) is 0.873. The van der Waals surface area contributed by atoms with Crippen LogP contribution >= 0.6 is 0 Å². The Hall–Kier alpha value is -2.49. The molecule has 1 amide bonds. The van der Waals surface area contributed by atoms with Gasteiger partial charge in [0.1, 0.15) is 22.7 Å². The highest BCUT2D eigenvalue weighted by atomic mass is 19.1. The minimum Gasteiger partial charge on any atom is -0.452 e. The molecule has 1 saturated carbocycles. The van der Waals surface area contributed by atoms with Crippen LogP contribution in [0.1, 0.15) is 30.1 Å². The number of rotatable bonds is 5. The Kier molecular flexibility index (Phi) is 4.40. The maximum Gasteiger partial charge on any atom is 0.344 e. The van der Waals surface area contributed by atoms with E-state index in [1.54, 1.807) is 6.92 Å². The number of nitriles is 1. The van der Waals surface area contributed by atoms with Crippen molar-refractivity contribution in [1.82, 2.24) is 5.32 Å². The van der Waals surface area contributed by atoms with Gasteiger partial charge in [-0.1, -0.05) is 6.07 Å². The third-order valence-electron chi connectivity index (χ3n) is 3.53. The van der Waals surface area contributed by atoms with Gasteiger partial charge >= 0.3 is 5.97 Å². The average molecular weight is 308 g/mol. The second-order valence-corrected chi connectivity index (χ2v) is 5.31. The van der Waals surface area contributed by atoms with Crippen LogP contribution in [-0.4, -0.2) is 24.0 Å². The molecular formula is C15H14F2N2O3. The van der Waals surface area contributed by atoms with Gasteiger partial charge in [-0.15, -0.1) is 0 Å². The van der Waals surface area contributed by atoms with Gasteiger partial charge in [0, 0.05) is 0 Å². The fourth-order valence-electron chi connectivity index (χ4n) is 2.10. The number of benzene rings is 1. The summed E-state index contributed by atoms with van der Waals surface area (Å²) < 4.78 is 31.4. The van der Waals surface area contributed by atoms with Crippen LogP contribution in [0.2, 0.25) is 0 Å². The molecule has 22 heavy (non-hydrogen) atoms. The molecule has 2 rings (SSSR count). The molecule has 0 saturated heterocycles. The first-order chi connectivity index (χ1) is 10.4. The van der Waals surface area contributed by atoms with Gasteiger partial charge in [-0.25, -0.2) is 13.6 Å². The van der Waals surface area contributed by atoms with Gasteiger partial charge in [-0.2, -0.15) is 5.26 Å². The molecule has 116 valence electrons. The standard InChI is InChI=1S/C15H14F2N2O3/c1-15(8-18,9-5-6-9)19-12(20)7-22-14(21)13-10(16)3-2-4-11(13)17/h2-4,9H,5-7H2,1H3,(H,19,20)/t15-/m0/s1. The molecule has 0 aromatic heterocycles. The fraction of sp³-hybridized carbons (Fsp3) is 0.400. The molecule has 0 unspecified atom stereocenters. The molecule has 1 aromatic rings. The second-order valence-electron chi connectivity index (χ2n) is 5.31. The molecule has 5 nitrogen and oxygen atoms in total. The molecule has 0 heterocycles. The molecule has 1 aliphatic carbocycles. The molecular weight excluding hydrogens is 294 g/mol. The molecule has 1 fully saturated rings. The van der Waals surface area contributed by atoms with E-state index in [2.05, 4.69) is 10.1 Å². The summed E-state index contributed by atoms with van der Waals surface area (Å²) in [5.74, 6) is -4.02. The van der Waals surface area contributed by atoms with Crippen molar-refractivity contribution in [2.24, 2.45) is 5.92 Å². The van der Waals surface area contributed by atoms with E-state index in [1.807, 2.05) is 6.07 Å². The highest BCUT2D eigenvalue weighted by Crippen LogP contribution is 2.39. The third kappa shape index (κ3) is 3.39. The van der Waals surface area contributed by atoms with Crippen LogP contribution in [0.15, 0.2) is 18.2 Å². The van der Waals surface area contributed by atoms with Gasteiger partial charge in [0.05, 0.1) is 6.07 Å². The average Bonchev–Trinajstić information content (AvgIpc) is 3.30. The lowest BCUT2D eigenvalue weighted by molar-refractivity contribution is -0.125. The number of ether oxygens (including phenoxy) is 1. The van der Waals surface area contributed by atoms with E-state index < -0.39 is 41.2 Å². The largest absolute Gasteiger partial charge is 0.452 e. The van der Waals surface area contributed by atoms with Gasteiger partial charge in [0.15, 0.2) is 6.61 Å². The number of esters is 1. The summed E-state index contributed by atoms with van der Waals surface area (Å²) in [6, 6.07) is 4.96. The molecule has 1 N–H and O–H groups in total. The number of amides is 1. The van der Waals surface area contributed by atoms with Crippen LogP contribution < -0.4 is 5.32 Å². The SMILES string of the molecule is C[C@@](C#N)(NC(=O)COC(=O)c1c(F)cccc1F)C1CC1. The second kappa shape index (κ2) is 6.10. The summed E-state index contributed by atoms with van der Waals surface area (Å²) in [5.41, 5.74) is -1.87. The fourth-order valence-corrected chi connectivity index (χ4v) is 2.10. The summed E-state index contributed by atoms with van der Waals surface area (Å²) in [4.78, 5) is 23.4. The van der Waals surface area contributed by atoms with Crippen LogP contribution in [0.25, 0.3) is 0 Å². The summed E-state index contributed by atoms with van der Waals surface area (Å²) in [6.07, 6.45) is 1.68. The maximum absolute atomic E-state index is 13.4. The van der Waals surface area contributed by atoms with Crippen molar-refractivity contribution >= 4 is 11.9 Å². The Morgan fingerprint density at radius 1 is 1.41 bits per heavy atom. The van der Waals surface area contributed by atoms with E-state index in [0.717, 1.165) is 31.0 Å². The molecule has 1 aromatic carbocycles. The molecule has 1 aliphatic rings. The van der Waals surface area contributed by atoms with Crippen LogP contribution in [0, 0.1) is 28.9 Å². The van der Waals surface area contributed by atoms with Gasteiger partial charge in [-0.3, -0.25) is 4.79 Å². The third-order valence-corrected chi connectivity index (χ3v) is 3.53. The molecule has 0 aliphatic heterocycles. The van der Waals surface area contributed by atoms with Crippen molar-refractivity contribution in [1.29, 1.82) is 5.26 Å². The van der Waals surface area contributed by atoms with Gasteiger partial charge in [0.25, 0.3) is 5.91 Å². The predicted molar refractivity (Wildman–Crippen MR) is 71.5 cm³/mol. The molecule has 1 atom stereocenters. The highest BCUT2D eigenvalue weighted by Gasteiger charge is 2.43. The quantitative estimate of drug-likeness (QED) is 0.843. The monoisotopic (exact) mass is 308 g/mol. The molecule has 0 bridgehead atoms. The summed E-state index contributed by atoms with van der Waals surface area (Å²) >= 11 is 0. The first-order valence-electron chi connectivity index (χ1n) is 6.71. The molecule has 0 spiro atoms. The van der Waals surface area contributed by atoms with Crippen LogP contribution in [-0.2, 0) is 9.53 Å². The van der Waals surface area contributed by atoms with E-state index in [-0.39, 0.29) is 5.92 Å². The van der Waals surface area contributed by atoms with Gasteiger partial charge < -0.3 is 10.1 Å². The zero-order chi connectivity index (χ0) is 16.3. The van der Waals surface area contributed by atoms with E-state index >= 15 is 0 Å². The summed E-state index contributed by atoms with van der Waals surface area (Å²) in [7, 11) is 0. The normalized spacial score (nSPS) is 16.3. The molecule has 7 heteroatoms. The predicted octanol–water partition coefficient (Wildman–Crippen LogP) is 1.93. The van der Waals surface area contributed by atoms with Crippen LogP contribution in [0.5, 0.6) is 0 Å².